The van der Waals surface area contributed by atoms with E-state index in [1.165, 1.54) is 19.1 Å². The number of alkyl halides is 3. The number of anilines is 1. The molecule has 1 atom stereocenters. The quantitative estimate of drug-likeness (QED) is 0.642. The van der Waals surface area contributed by atoms with Crippen LogP contribution < -0.4 is 5.32 Å². The van der Waals surface area contributed by atoms with Crippen LogP contribution in [0.25, 0.3) is 0 Å². The van der Waals surface area contributed by atoms with Gasteiger partial charge in [-0.3, -0.25) is 4.79 Å². The monoisotopic (exact) mass is 323 g/mol. The molecular weight excluding hydrogens is 310 g/mol. The Labute approximate surface area is 122 Å². The van der Waals surface area contributed by atoms with Crippen LogP contribution in [0.4, 0.5) is 23.2 Å². The predicted octanol–water partition coefficient (Wildman–Crippen LogP) is 2.01. The Hall–Kier alpha value is -2.16. The molecule has 1 amide bonds. The van der Waals surface area contributed by atoms with Crippen molar-refractivity contribution in [1.82, 2.24) is 0 Å². The van der Waals surface area contributed by atoms with Crippen LogP contribution in [0, 0.1) is 5.82 Å². The molecule has 5 nitrogen and oxygen atoms in total. The number of carbonyl (C=O) groups is 2. The number of aliphatic hydroxyl groups is 1. The lowest BCUT2D eigenvalue weighted by Crippen LogP contribution is -2.54. The maximum absolute atomic E-state index is 13.3. The van der Waals surface area contributed by atoms with Crippen molar-refractivity contribution < 1.29 is 37.0 Å². The lowest BCUT2D eigenvalue weighted by atomic mass is 9.98. The Morgan fingerprint density at radius 3 is 2.36 bits per heavy atom. The number of benzene rings is 1. The Kier molecular flexibility index (Phi) is 5.48. The van der Waals surface area contributed by atoms with E-state index in [0.717, 1.165) is 12.1 Å². The standard InChI is InChI=1S/C13H13F4NO4/c1-2-22-11(20)12(21,13(15,16)17)7-10(19)18-9-6-4-3-5-8(9)14/h3-6,21H,2,7H2,1H3,(H,18,19)/t12-/m0/s1. The highest BCUT2D eigenvalue weighted by molar-refractivity contribution is 5.96. The minimum absolute atomic E-state index is 0.374. The van der Waals surface area contributed by atoms with Crippen molar-refractivity contribution in [2.45, 2.75) is 25.1 Å². The molecule has 0 heterocycles. The maximum Gasteiger partial charge on any atom is 0.428 e. The minimum Gasteiger partial charge on any atom is -0.464 e. The van der Waals surface area contributed by atoms with Crippen molar-refractivity contribution >= 4 is 17.6 Å². The molecular formula is C13H13F4NO4. The van der Waals surface area contributed by atoms with Gasteiger partial charge in [-0.15, -0.1) is 0 Å². The summed E-state index contributed by atoms with van der Waals surface area (Å²) in [6.45, 7) is 0.834. The smallest absolute Gasteiger partial charge is 0.428 e. The average molecular weight is 323 g/mol. The summed E-state index contributed by atoms with van der Waals surface area (Å²) >= 11 is 0. The number of ether oxygens (including phenoxy) is 1. The SMILES string of the molecule is CCOC(=O)[C@@](O)(CC(=O)Nc1ccccc1F)C(F)(F)F. The molecule has 122 valence electrons. The second-order valence-corrected chi connectivity index (χ2v) is 4.28. The molecule has 0 aliphatic heterocycles. The zero-order chi connectivity index (χ0) is 17.0. The largest absolute Gasteiger partial charge is 0.464 e. The fourth-order valence-electron chi connectivity index (χ4n) is 1.53. The molecule has 0 spiro atoms. The highest BCUT2D eigenvalue weighted by atomic mass is 19.4. The number of amides is 1. The number of carbonyl (C=O) groups excluding carboxylic acids is 2. The molecule has 0 aromatic heterocycles. The van der Waals surface area contributed by atoms with Crippen molar-refractivity contribution in [2.75, 3.05) is 11.9 Å². The summed E-state index contributed by atoms with van der Waals surface area (Å²) < 4.78 is 56.0. The summed E-state index contributed by atoms with van der Waals surface area (Å²) in [6, 6.07) is 4.76. The molecule has 0 saturated carbocycles. The number of nitrogens with one attached hydrogen (secondary N) is 1. The zero-order valence-electron chi connectivity index (χ0n) is 11.4. The molecule has 0 saturated heterocycles. The molecule has 0 fully saturated rings. The fourth-order valence-corrected chi connectivity index (χ4v) is 1.53. The second-order valence-electron chi connectivity index (χ2n) is 4.28. The molecule has 1 rings (SSSR count). The molecule has 0 aliphatic carbocycles. The first-order valence-electron chi connectivity index (χ1n) is 6.12. The van der Waals surface area contributed by atoms with Gasteiger partial charge in [-0.25, -0.2) is 9.18 Å². The third-order valence-electron chi connectivity index (χ3n) is 2.65. The lowest BCUT2D eigenvalue weighted by molar-refractivity contribution is -0.262. The summed E-state index contributed by atoms with van der Waals surface area (Å²) in [5, 5.41) is 11.4. The Balaban J connectivity index is 2.93. The van der Waals surface area contributed by atoms with Crippen LogP contribution in [0.15, 0.2) is 24.3 Å². The third-order valence-corrected chi connectivity index (χ3v) is 2.65. The van der Waals surface area contributed by atoms with E-state index in [-0.39, 0.29) is 5.69 Å². The van der Waals surface area contributed by atoms with Crippen LogP contribution in [-0.2, 0) is 14.3 Å². The number of para-hydroxylation sites is 1. The van der Waals surface area contributed by atoms with Gasteiger partial charge in [-0.05, 0) is 19.1 Å². The molecule has 2 N–H and O–H groups in total. The van der Waals surface area contributed by atoms with Gasteiger partial charge >= 0.3 is 12.1 Å². The lowest BCUT2D eigenvalue weighted by Gasteiger charge is -2.27. The number of hydrogen-bond acceptors (Lipinski definition) is 4. The van der Waals surface area contributed by atoms with E-state index in [1.807, 2.05) is 5.32 Å². The fraction of sp³-hybridized carbons (Fsp3) is 0.385. The number of hydrogen-bond donors (Lipinski definition) is 2. The normalized spacial score (nSPS) is 14.1. The highest BCUT2D eigenvalue weighted by Gasteiger charge is 2.61. The summed E-state index contributed by atoms with van der Waals surface area (Å²) in [7, 11) is 0. The van der Waals surface area contributed by atoms with Crippen LogP contribution in [-0.4, -0.2) is 35.4 Å². The summed E-state index contributed by atoms with van der Waals surface area (Å²) in [5.74, 6) is -4.26. The van der Waals surface area contributed by atoms with E-state index in [9.17, 15) is 32.3 Å². The van der Waals surface area contributed by atoms with Crippen LogP contribution in [0.1, 0.15) is 13.3 Å². The molecule has 0 radical (unpaired) electrons. The van der Waals surface area contributed by atoms with Crippen molar-refractivity contribution in [3.8, 4) is 0 Å². The Bertz CT molecular complexity index is 561. The topological polar surface area (TPSA) is 75.6 Å². The molecule has 1 aromatic carbocycles. The van der Waals surface area contributed by atoms with Gasteiger partial charge in [0.1, 0.15) is 5.82 Å². The van der Waals surface area contributed by atoms with Gasteiger partial charge in [0, 0.05) is 0 Å². The van der Waals surface area contributed by atoms with Gasteiger partial charge in [-0.1, -0.05) is 12.1 Å². The van der Waals surface area contributed by atoms with Gasteiger partial charge in [0.25, 0.3) is 5.60 Å². The number of rotatable bonds is 5. The first kappa shape index (κ1) is 17.9. The van der Waals surface area contributed by atoms with E-state index in [4.69, 9.17) is 0 Å². The van der Waals surface area contributed by atoms with Gasteiger partial charge < -0.3 is 15.2 Å². The summed E-state index contributed by atoms with van der Waals surface area (Å²) in [4.78, 5) is 22.9. The first-order valence-corrected chi connectivity index (χ1v) is 6.12. The molecule has 0 unspecified atom stereocenters. The Morgan fingerprint density at radius 1 is 1.27 bits per heavy atom. The van der Waals surface area contributed by atoms with Gasteiger partial charge in [0.05, 0.1) is 18.7 Å². The number of esters is 1. The van der Waals surface area contributed by atoms with Crippen molar-refractivity contribution in [3.05, 3.63) is 30.1 Å². The first-order chi connectivity index (χ1) is 10.1. The van der Waals surface area contributed by atoms with Gasteiger partial charge in [0.2, 0.25) is 5.91 Å². The average Bonchev–Trinajstić information content (AvgIpc) is 2.40. The van der Waals surface area contributed by atoms with E-state index in [2.05, 4.69) is 4.74 Å². The predicted molar refractivity (Wildman–Crippen MR) is 67.3 cm³/mol. The van der Waals surface area contributed by atoms with Crippen LogP contribution in [0.2, 0.25) is 0 Å². The van der Waals surface area contributed by atoms with Crippen LogP contribution in [0.3, 0.4) is 0 Å². The van der Waals surface area contributed by atoms with Crippen LogP contribution >= 0.6 is 0 Å². The van der Waals surface area contributed by atoms with E-state index >= 15 is 0 Å². The van der Waals surface area contributed by atoms with E-state index < -0.39 is 42.5 Å². The number of halogens is 4. The minimum atomic E-state index is -5.42. The van der Waals surface area contributed by atoms with E-state index in [0.29, 0.717) is 0 Å². The van der Waals surface area contributed by atoms with Gasteiger partial charge in [0.15, 0.2) is 0 Å². The molecule has 9 heteroatoms. The zero-order valence-corrected chi connectivity index (χ0v) is 11.4. The maximum atomic E-state index is 13.3. The molecule has 0 aliphatic rings. The van der Waals surface area contributed by atoms with Crippen LogP contribution in [0.5, 0.6) is 0 Å². The van der Waals surface area contributed by atoms with Gasteiger partial charge in [-0.2, -0.15) is 13.2 Å². The summed E-state index contributed by atoms with van der Waals surface area (Å²) in [5.41, 5.74) is -4.38. The Morgan fingerprint density at radius 2 is 1.86 bits per heavy atom. The van der Waals surface area contributed by atoms with E-state index in [1.54, 1.807) is 0 Å². The molecule has 0 bridgehead atoms. The van der Waals surface area contributed by atoms with Crippen molar-refractivity contribution in [2.24, 2.45) is 0 Å². The highest BCUT2D eigenvalue weighted by Crippen LogP contribution is 2.34. The molecule has 22 heavy (non-hydrogen) atoms. The van der Waals surface area contributed by atoms with Crippen molar-refractivity contribution in [1.29, 1.82) is 0 Å². The third kappa shape index (κ3) is 3.94. The summed E-state index contributed by atoms with van der Waals surface area (Å²) in [6.07, 6.45) is -7.07. The molecule has 1 aromatic rings. The second kappa shape index (κ2) is 6.73. The van der Waals surface area contributed by atoms with Crippen molar-refractivity contribution in [3.63, 3.8) is 0 Å².